The molecule has 2 aromatic carbocycles. The molecular formula is C29H41N3O5S. The molecule has 9 heteroatoms. The summed E-state index contributed by atoms with van der Waals surface area (Å²) in [6, 6.07) is 12.5. The van der Waals surface area contributed by atoms with Gasteiger partial charge in [-0.25, -0.2) is 4.79 Å². The second-order valence-electron chi connectivity index (χ2n) is 10.8. The van der Waals surface area contributed by atoms with Crippen LogP contribution in [0.2, 0.25) is 0 Å². The lowest BCUT2D eigenvalue weighted by atomic mass is 9.91. The van der Waals surface area contributed by atoms with Gasteiger partial charge in [0.25, 0.3) is 5.91 Å². The molecule has 8 nitrogen and oxygen atoms in total. The highest BCUT2D eigenvalue weighted by molar-refractivity contribution is 7.80. The van der Waals surface area contributed by atoms with E-state index in [1.54, 1.807) is 57.0 Å². The van der Waals surface area contributed by atoms with Crippen LogP contribution in [0.3, 0.4) is 0 Å². The molecule has 0 radical (unpaired) electrons. The first-order valence-corrected chi connectivity index (χ1v) is 13.3. The third-order valence-corrected chi connectivity index (χ3v) is 6.51. The molecule has 0 saturated heterocycles. The second kappa shape index (κ2) is 13.0. The molecule has 208 valence electrons. The average molecular weight is 544 g/mol. The van der Waals surface area contributed by atoms with Crippen LogP contribution < -0.4 is 15.4 Å². The summed E-state index contributed by atoms with van der Waals surface area (Å²) in [6.07, 6.45) is -0.170. The van der Waals surface area contributed by atoms with Crippen molar-refractivity contribution in [3.63, 3.8) is 0 Å². The second-order valence-corrected chi connectivity index (χ2v) is 11.2. The van der Waals surface area contributed by atoms with Gasteiger partial charge in [-0.15, -0.1) is 0 Å². The number of amides is 3. The Balaban J connectivity index is 2.56. The minimum absolute atomic E-state index is 0.0228. The molecule has 2 atom stereocenters. The lowest BCUT2D eigenvalue weighted by Gasteiger charge is -2.44. The Kier molecular flexibility index (Phi) is 10.6. The van der Waals surface area contributed by atoms with E-state index in [1.807, 2.05) is 52.0 Å². The number of hydrogen-bond donors (Lipinski definition) is 3. The highest BCUT2D eigenvalue weighted by Gasteiger charge is 2.43. The molecule has 0 aromatic heterocycles. The van der Waals surface area contributed by atoms with Gasteiger partial charge in [-0.3, -0.25) is 9.59 Å². The largest absolute Gasteiger partial charge is 0.497 e. The third kappa shape index (κ3) is 8.41. The third-order valence-electron chi connectivity index (χ3n) is 6.15. The molecular weight excluding hydrogens is 502 g/mol. The summed E-state index contributed by atoms with van der Waals surface area (Å²) in [6.45, 7) is 12.9. The topological polar surface area (TPSA) is 97.0 Å². The quantitative estimate of drug-likeness (QED) is 0.343. The number of rotatable bonds is 10. The van der Waals surface area contributed by atoms with Crippen LogP contribution >= 0.6 is 12.6 Å². The molecule has 0 aliphatic heterocycles. The van der Waals surface area contributed by atoms with E-state index in [1.165, 1.54) is 0 Å². The van der Waals surface area contributed by atoms with E-state index in [0.717, 1.165) is 5.56 Å². The first kappa shape index (κ1) is 31.0. The summed E-state index contributed by atoms with van der Waals surface area (Å²) in [5.74, 6) is -0.137. The molecule has 2 N–H and O–H groups in total. The summed E-state index contributed by atoms with van der Waals surface area (Å²) in [4.78, 5) is 42.2. The summed E-state index contributed by atoms with van der Waals surface area (Å²) < 4.78 is 10.6. The number of hydrogen-bond acceptors (Lipinski definition) is 6. The van der Waals surface area contributed by atoms with Gasteiger partial charge < -0.3 is 25.0 Å². The van der Waals surface area contributed by atoms with E-state index in [0.29, 0.717) is 23.4 Å². The van der Waals surface area contributed by atoms with Crippen molar-refractivity contribution in [3.8, 4) is 5.75 Å². The van der Waals surface area contributed by atoms with E-state index in [2.05, 4.69) is 23.3 Å². The van der Waals surface area contributed by atoms with E-state index >= 15 is 0 Å². The zero-order valence-corrected chi connectivity index (χ0v) is 24.5. The number of thiol groups is 1. The number of nitrogens with one attached hydrogen (secondary N) is 2. The molecule has 0 heterocycles. The summed E-state index contributed by atoms with van der Waals surface area (Å²) in [5.41, 5.74) is 0.677. The van der Waals surface area contributed by atoms with Crippen molar-refractivity contribution in [2.75, 3.05) is 18.2 Å². The van der Waals surface area contributed by atoms with Crippen LogP contribution in [0.5, 0.6) is 5.75 Å². The van der Waals surface area contributed by atoms with Crippen molar-refractivity contribution >= 4 is 36.2 Å². The molecule has 2 rings (SSSR count). The maximum atomic E-state index is 14.1. The smallest absolute Gasteiger partial charge is 0.408 e. The van der Waals surface area contributed by atoms with Gasteiger partial charge in [0.1, 0.15) is 23.4 Å². The van der Waals surface area contributed by atoms with Gasteiger partial charge in [-0.1, -0.05) is 36.8 Å². The molecule has 2 aromatic rings. The van der Waals surface area contributed by atoms with Crippen LogP contribution in [0.25, 0.3) is 0 Å². The molecule has 0 bridgehead atoms. The van der Waals surface area contributed by atoms with E-state index in [9.17, 15) is 14.4 Å². The molecule has 2 unspecified atom stereocenters. The number of nitrogens with zero attached hydrogens (tertiary/aromatic N) is 1. The predicted molar refractivity (Wildman–Crippen MR) is 154 cm³/mol. The standard InChI is InChI=1S/C29H41N3O5S/c1-9-29(6,7)32(26(34)23(18-38)31-27(35)37-28(3,4)5)24(20-12-10-11-19(2)17-20)25(33)30-21-13-15-22(36-8)16-14-21/h10-17,23-24,38H,9,18H2,1-8H3,(H,30,33)(H,31,35). The maximum Gasteiger partial charge on any atom is 0.408 e. The Morgan fingerprint density at radius 2 is 1.66 bits per heavy atom. The van der Waals surface area contributed by atoms with Gasteiger partial charge in [-0.2, -0.15) is 12.6 Å². The first-order chi connectivity index (χ1) is 17.7. The zero-order chi connectivity index (χ0) is 28.7. The Morgan fingerprint density at radius 1 is 1.03 bits per heavy atom. The highest BCUT2D eigenvalue weighted by atomic mass is 32.1. The van der Waals surface area contributed by atoms with Crippen LogP contribution in [0, 0.1) is 6.92 Å². The lowest BCUT2D eigenvalue weighted by molar-refractivity contribution is -0.147. The Labute approximate surface area is 231 Å². The molecule has 38 heavy (non-hydrogen) atoms. The van der Waals surface area contributed by atoms with Crippen LogP contribution in [0.1, 0.15) is 65.1 Å². The number of aryl methyl sites for hydroxylation is 1. The lowest BCUT2D eigenvalue weighted by Crippen LogP contribution is -2.59. The fraction of sp³-hybridized carbons (Fsp3) is 0.483. The van der Waals surface area contributed by atoms with Gasteiger partial charge in [-0.05, 0) is 77.8 Å². The Morgan fingerprint density at radius 3 is 2.16 bits per heavy atom. The fourth-order valence-electron chi connectivity index (χ4n) is 3.89. The SMILES string of the molecule is CCC(C)(C)N(C(=O)C(CS)NC(=O)OC(C)(C)C)C(C(=O)Nc1ccc(OC)cc1)c1cccc(C)c1. The number of methoxy groups -OCH3 is 1. The number of alkyl carbamates (subject to hydrolysis) is 1. The Bertz CT molecular complexity index is 1110. The van der Waals surface area contributed by atoms with Crippen molar-refractivity contribution in [2.45, 2.75) is 78.1 Å². The number of anilines is 1. The van der Waals surface area contributed by atoms with Crippen molar-refractivity contribution in [3.05, 3.63) is 59.7 Å². The number of benzene rings is 2. The van der Waals surface area contributed by atoms with Crippen molar-refractivity contribution < 1.29 is 23.9 Å². The fourth-order valence-corrected chi connectivity index (χ4v) is 4.14. The van der Waals surface area contributed by atoms with Crippen LogP contribution in [-0.4, -0.2) is 52.9 Å². The molecule has 0 aliphatic rings. The van der Waals surface area contributed by atoms with Gasteiger partial charge in [0.15, 0.2) is 0 Å². The van der Waals surface area contributed by atoms with Gasteiger partial charge in [0.05, 0.1) is 7.11 Å². The van der Waals surface area contributed by atoms with Gasteiger partial charge in [0, 0.05) is 17.0 Å². The van der Waals surface area contributed by atoms with E-state index in [4.69, 9.17) is 9.47 Å². The van der Waals surface area contributed by atoms with Crippen LogP contribution in [0.4, 0.5) is 10.5 Å². The van der Waals surface area contributed by atoms with Crippen molar-refractivity contribution in [1.82, 2.24) is 10.2 Å². The normalized spacial score (nSPS) is 13.2. The van der Waals surface area contributed by atoms with Crippen LogP contribution in [0.15, 0.2) is 48.5 Å². The summed E-state index contributed by atoms with van der Waals surface area (Å²) in [5, 5.41) is 5.60. The summed E-state index contributed by atoms with van der Waals surface area (Å²) in [7, 11) is 1.57. The highest BCUT2D eigenvalue weighted by Crippen LogP contribution is 2.33. The number of carbonyl (C=O) groups is 3. The Hall–Kier alpha value is -3.20. The maximum absolute atomic E-state index is 14.1. The minimum Gasteiger partial charge on any atom is -0.497 e. The van der Waals surface area contributed by atoms with Crippen LogP contribution in [-0.2, 0) is 14.3 Å². The zero-order valence-electron chi connectivity index (χ0n) is 23.6. The average Bonchev–Trinajstić information content (AvgIpc) is 2.84. The van der Waals surface area contributed by atoms with Gasteiger partial charge >= 0.3 is 6.09 Å². The minimum atomic E-state index is -1.01. The van der Waals surface area contributed by atoms with E-state index < -0.39 is 35.2 Å². The molecule has 0 spiro atoms. The monoisotopic (exact) mass is 543 g/mol. The summed E-state index contributed by atoms with van der Waals surface area (Å²) >= 11 is 4.35. The van der Waals surface area contributed by atoms with Crippen molar-refractivity contribution in [1.29, 1.82) is 0 Å². The molecule has 0 saturated carbocycles. The number of carbonyl (C=O) groups excluding carboxylic acids is 3. The molecule has 3 amide bonds. The van der Waals surface area contributed by atoms with Crippen molar-refractivity contribution in [2.24, 2.45) is 0 Å². The molecule has 0 aliphatic carbocycles. The molecule has 0 fully saturated rings. The van der Waals surface area contributed by atoms with E-state index in [-0.39, 0.29) is 11.7 Å². The first-order valence-electron chi connectivity index (χ1n) is 12.7. The number of ether oxygens (including phenoxy) is 2. The predicted octanol–water partition coefficient (Wildman–Crippen LogP) is 5.52. The van der Waals surface area contributed by atoms with Gasteiger partial charge in [0.2, 0.25) is 5.91 Å².